The van der Waals surface area contributed by atoms with Gasteiger partial charge >= 0.3 is 0 Å². The quantitative estimate of drug-likeness (QED) is 0.197. The van der Waals surface area contributed by atoms with Crippen molar-refractivity contribution in [1.82, 2.24) is 14.5 Å². The summed E-state index contributed by atoms with van der Waals surface area (Å²) in [5, 5.41) is 14.4. The molecule has 2 aromatic carbocycles. The molecule has 224 valence electrons. The van der Waals surface area contributed by atoms with Crippen molar-refractivity contribution in [3.05, 3.63) is 106 Å². The van der Waals surface area contributed by atoms with Gasteiger partial charge in [0.15, 0.2) is 5.78 Å². The predicted molar refractivity (Wildman–Crippen MR) is 166 cm³/mol. The minimum Gasteiger partial charge on any atom is -0.393 e. The van der Waals surface area contributed by atoms with Crippen LogP contribution in [0.2, 0.25) is 0 Å². The lowest BCUT2D eigenvalue weighted by Crippen LogP contribution is -2.32. The number of aliphatic hydroxyl groups is 1. The zero-order valence-corrected chi connectivity index (χ0v) is 25.3. The molecule has 1 aliphatic carbocycles. The Hall–Kier alpha value is -3.62. The molecule has 0 radical (unpaired) electrons. The number of thiazole rings is 1. The highest BCUT2D eigenvalue weighted by molar-refractivity contribution is 7.09. The molecule has 1 N–H and O–H groups in total. The van der Waals surface area contributed by atoms with Crippen LogP contribution in [-0.2, 0) is 6.42 Å². The fourth-order valence-corrected chi connectivity index (χ4v) is 7.69. The van der Waals surface area contributed by atoms with Gasteiger partial charge in [0.2, 0.25) is 0 Å². The Bertz CT molecular complexity index is 1550. The lowest BCUT2D eigenvalue weighted by molar-refractivity contribution is 0.0434. The van der Waals surface area contributed by atoms with Gasteiger partial charge in [-0.1, -0.05) is 30.3 Å². The van der Waals surface area contributed by atoms with Crippen molar-refractivity contribution in [1.29, 1.82) is 0 Å². The van der Waals surface area contributed by atoms with Gasteiger partial charge in [0.1, 0.15) is 11.2 Å². The topological polar surface area (TPSA) is 75.4 Å². The number of halogens is 1. The number of hydrogen-bond acceptors (Lipinski definition) is 5. The van der Waals surface area contributed by atoms with Crippen LogP contribution < -0.4 is 0 Å². The standard InChI is InChI=1S/C35H38FN3O3S/c1-23-22-43-34(37-23)31-10-7-15-39(31)35(42)28-17-26(19-30(20-28)38-13-5-6-14-38)32(40)21-27(16-24-8-3-2-4-9-24)33(41)25-11-12-29(36)18-25/h2-6,8-9,13-14,17,19-20,22,25,27,29,31,33,41H,7,10-12,15-16,18,21H2,1H3/t25-,27-,29-,31-,33-/m1/s1. The summed E-state index contributed by atoms with van der Waals surface area (Å²) in [6.45, 7) is 2.60. The Morgan fingerprint density at radius 1 is 1.05 bits per heavy atom. The van der Waals surface area contributed by atoms with Gasteiger partial charge in [-0.2, -0.15) is 0 Å². The molecule has 0 spiro atoms. The van der Waals surface area contributed by atoms with E-state index in [1.54, 1.807) is 17.4 Å². The van der Waals surface area contributed by atoms with Crippen molar-refractivity contribution in [3.8, 4) is 5.69 Å². The summed E-state index contributed by atoms with van der Waals surface area (Å²) in [7, 11) is 0. The number of amides is 1. The Kier molecular flexibility index (Phi) is 8.86. The molecule has 0 unspecified atom stereocenters. The van der Waals surface area contributed by atoms with Gasteiger partial charge in [-0.05, 0) is 93.2 Å². The van der Waals surface area contributed by atoms with E-state index in [9.17, 15) is 19.1 Å². The highest BCUT2D eigenvalue weighted by Crippen LogP contribution is 2.37. The Morgan fingerprint density at radius 2 is 1.81 bits per heavy atom. The number of hydrogen-bond donors (Lipinski definition) is 1. The number of carbonyl (C=O) groups excluding carboxylic acids is 2. The number of aryl methyl sites for hydroxylation is 1. The van der Waals surface area contributed by atoms with Crippen molar-refractivity contribution in [2.45, 2.75) is 70.2 Å². The molecule has 2 aromatic heterocycles. The number of benzene rings is 2. The molecular formula is C35H38FN3O3S. The number of Topliss-reactive ketones (excluding diaryl/α,β-unsaturated/α-hetero) is 1. The number of likely N-dealkylation sites (tertiary alicyclic amines) is 1. The van der Waals surface area contributed by atoms with E-state index >= 15 is 0 Å². The molecule has 5 atom stereocenters. The van der Waals surface area contributed by atoms with Gasteiger partial charge in [-0.3, -0.25) is 9.59 Å². The molecule has 6 rings (SSSR count). The number of aromatic nitrogens is 2. The molecule has 1 saturated carbocycles. The fraction of sp³-hybridized carbons (Fsp3) is 0.400. The lowest BCUT2D eigenvalue weighted by Gasteiger charge is -2.27. The van der Waals surface area contributed by atoms with Crippen molar-refractivity contribution in [2.24, 2.45) is 11.8 Å². The summed E-state index contributed by atoms with van der Waals surface area (Å²) < 4.78 is 16.0. The van der Waals surface area contributed by atoms with Crippen molar-refractivity contribution < 1.29 is 19.1 Å². The average Bonchev–Trinajstić information content (AvgIpc) is 3.84. The van der Waals surface area contributed by atoms with Crippen LogP contribution >= 0.6 is 11.3 Å². The lowest BCUT2D eigenvalue weighted by atomic mass is 9.81. The molecule has 3 heterocycles. The van der Waals surface area contributed by atoms with Gasteiger partial charge < -0.3 is 14.6 Å². The summed E-state index contributed by atoms with van der Waals surface area (Å²) in [5.74, 6) is -0.775. The van der Waals surface area contributed by atoms with Crippen LogP contribution in [0.1, 0.15) is 81.5 Å². The van der Waals surface area contributed by atoms with Crippen molar-refractivity contribution >= 4 is 23.0 Å². The first-order valence-electron chi connectivity index (χ1n) is 15.3. The third-order valence-electron chi connectivity index (χ3n) is 8.99. The van der Waals surface area contributed by atoms with E-state index in [-0.39, 0.29) is 36.0 Å². The molecule has 1 aliphatic heterocycles. The Balaban J connectivity index is 1.30. The highest BCUT2D eigenvalue weighted by atomic mass is 32.1. The first-order valence-corrected chi connectivity index (χ1v) is 16.1. The van der Waals surface area contributed by atoms with Crippen LogP contribution in [0.15, 0.2) is 78.4 Å². The van der Waals surface area contributed by atoms with Crippen LogP contribution in [0.25, 0.3) is 5.69 Å². The predicted octanol–water partition coefficient (Wildman–Crippen LogP) is 7.15. The van der Waals surface area contributed by atoms with Crippen LogP contribution in [0.4, 0.5) is 4.39 Å². The maximum atomic E-state index is 14.1. The second-order valence-corrected chi connectivity index (χ2v) is 13.0. The van der Waals surface area contributed by atoms with Gasteiger partial charge in [-0.15, -0.1) is 11.3 Å². The van der Waals surface area contributed by atoms with E-state index in [2.05, 4.69) is 4.98 Å². The smallest absolute Gasteiger partial charge is 0.254 e. The molecule has 2 fully saturated rings. The molecule has 1 saturated heterocycles. The van der Waals surface area contributed by atoms with Gasteiger partial charge in [0.05, 0.1) is 12.1 Å². The Morgan fingerprint density at radius 3 is 2.51 bits per heavy atom. The molecule has 1 amide bonds. The number of alkyl halides is 1. The first-order chi connectivity index (χ1) is 20.9. The SMILES string of the molecule is Cc1csc([C@H]2CCCN2C(=O)c2cc(C(=O)C[C@@H](Cc3ccccc3)[C@H](O)[C@@H]3CC[C@@H](F)C3)cc(-n3cccc3)c2)n1. The summed E-state index contributed by atoms with van der Waals surface area (Å²) in [5.41, 5.74) is 3.62. The molecular weight excluding hydrogens is 561 g/mol. The summed E-state index contributed by atoms with van der Waals surface area (Å²) in [6, 6.07) is 18.9. The van der Waals surface area contributed by atoms with E-state index < -0.39 is 12.3 Å². The van der Waals surface area contributed by atoms with Crippen LogP contribution in [-0.4, -0.2) is 50.1 Å². The zero-order chi connectivity index (χ0) is 29.9. The first kappa shape index (κ1) is 29.5. The number of carbonyl (C=O) groups is 2. The van der Waals surface area contributed by atoms with Gasteiger partial charge in [0, 0.05) is 53.2 Å². The maximum Gasteiger partial charge on any atom is 0.254 e. The number of nitrogens with zero attached hydrogens (tertiary/aromatic N) is 3. The normalized spacial score (nSPS) is 21.7. The second-order valence-electron chi connectivity index (χ2n) is 12.1. The van der Waals surface area contributed by atoms with E-state index in [0.29, 0.717) is 43.4 Å². The Labute approximate surface area is 256 Å². The molecule has 2 aliphatic rings. The molecule has 8 heteroatoms. The highest BCUT2D eigenvalue weighted by Gasteiger charge is 2.36. The minimum absolute atomic E-state index is 0.0725. The van der Waals surface area contributed by atoms with Gasteiger partial charge in [-0.25, -0.2) is 9.37 Å². The third kappa shape index (κ3) is 6.65. The fourth-order valence-electron chi connectivity index (χ4n) is 6.75. The molecule has 4 aromatic rings. The molecule has 6 nitrogen and oxygen atoms in total. The summed E-state index contributed by atoms with van der Waals surface area (Å²) in [6.07, 6.45) is 5.90. The minimum atomic E-state index is -0.901. The number of ketones is 1. The number of rotatable bonds is 10. The van der Waals surface area contributed by atoms with E-state index in [4.69, 9.17) is 0 Å². The van der Waals surface area contributed by atoms with Gasteiger partial charge in [0.25, 0.3) is 5.91 Å². The van der Waals surface area contributed by atoms with Crippen LogP contribution in [0.5, 0.6) is 0 Å². The zero-order valence-electron chi connectivity index (χ0n) is 24.4. The third-order valence-corrected chi connectivity index (χ3v) is 10.1. The van der Waals surface area contributed by atoms with E-state index in [0.717, 1.165) is 34.8 Å². The summed E-state index contributed by atoms with van der Waals surface area (Å²) >= 11 is 1.58. The van der Waals surface area contributed by atoms with E-state index in [1.165, 1.54) is 0 Å². The maximum absolute atomic E-state index is 14.1. The summed E-state index contributed by atoms with van der Waals surface area (Å²) in [4.78, 5) is 34.6. The van der Waals surface area contributed by atoms with Crippen molar-refractivity contribution in [3.63, 3.8) is 0 Å². The largest absolute Gasteiger partial charge is 0.393 e. The molecule has 0 bridgehead atoms. The average molecular weight is 600 g/mol. The monoisotopic (exact) mass is 599 g/mol. The van der Waals surface area contributed by atoms with Crippen LogP contribution in [0.3, 0.4) is 0 Å². The molecule has 43 heavy (non-hydrogen) atoms. The van der Waals surface area contributed by atoms with Crippen LogP contribution in [0, 0.1) is 18.8 Å². The number of aliphatic hydroxyl groups excluding tert-OH is 1. The van der Waals surface area contributed by atoms with Crippen molar-refractivity contribution in [2.75, 3.05) is 6.54 Å². The van der Waals surface area contributed by atoms with E-state index in [1.807, 2.05) is 88.8 Å². The second kappa shape index (κ2) is 12.9.